The van der Waals surface area contributed by atoms with E-state index in [1.54, 1.807) is 0 Å². The Labute approximate surface area is 121 Å². The lowest BCUT2D eigenvalue weighted by molar-refractivity contribution is -0.0383. The number of rotatable bonds is 3. The van der Waals surface area contributed by atoms with Crippen molar-refractivity contribution in [3.63, 3.8) is 0 Å². The molecular formula is C16H16BrNO. The fourth-order valence-corrected chi connectivity index (χ4v) is 3.25. The van der Waals surface area contributed by atoms with Gasteiger partial charge in [-0.1, -0.05) is 46.3 Å². The van der Waals surface area contributed by atoms with Crippen LogP contribution in [0.5, 0.6) is 0 Å². The number of nitrogens with one attached hydrogen (secondary N) is 1. The molecule has 0 aliphatic carbocycles. The summed E-state index contributed by atoms with van der Waals surface area (Å²) in [4.78, 5) is 0. The third-order valence-electron chi connectivity index (χ3n) is 3.81. The Bertz CT molecular complexity index is 576. The fraction of sp³-hybridized carbons (Fsp3) is 0.250. The molecule has 1 aliphatic heterocycles. The minimum absolute atomic E-state index is 0.00757. The molecule has 19 heavy (non-hydrogen) atoms. The van der Waals surface area contributed by atoms with E-state index in [9.17, 15) is 0 Å². The van der Waals surface area contributed by atoms with Crippen LogP contribution in [0.25, 0.3) is 0 Å². The van der Waals surface area contributed by atoms with Gasteiger partial charge in [-0.25, -0.2) is 0 Å². The zero-order valence-electron chi connectivity index (χ0n) is 10.8. The normalized spacial score (nSPS) is 16.7. The van der Waals surface area contributed by atoms with Crippen molar-refractivity contribution in [3.8, 4) is 0 Å². The minimum Gasteiger partial charge on any atom is -0.388 e. The molecule has 3 rings (SSSR count). The molecule has 0 bridgehead atoms. The monoisotopic (exact) mass is 317 g/mol. The number of benzene rings is 2. The number of hydrogen-bond donors (Lipinski definition) is 1. The van der Waals surface area contributed by atoms with Gasteiger partial charge in [0.25, 0.3) is 0 Å². The molecule has 0 amide bonds. The van der Waals surface area contributed by atoms with Crippen LogP contribution in [0.2, 0.25) is 0 Å². The van der Waals surface area contributed by atoms with Gasteiger partial charge in [0.15, 0.2) is 0 Å². The third-order valence-corrected chi connectivity index (χ3v) is 4.50. The van der Waals surface area contributed by atoms with Gasteiger partial charge in [0, 0.05) is 17.2 Å². The summed E-state index contributed by atoms with van der Waals surface area (Å²) < 4.78 is 6.67. The van der Waals surface area contributed by atoms with Gasteiger partial charge in [0.1, 0.15) is 0 Å². The summed E-state index contributed by atoms with van der Waals surface area (Å²) in [5.74, 6) is 0. The van der Waals surface area contributed by atoms with Gasteiger partial charge in [-0.15, -0.1) is 0 Å². The van der Waals surface area contributed by atoms with Gasteiger partial charge < -0.3 is 10.1 Å². The van der Waals surface area contributed by atoms with E-state index in [2.05, 4.69) is 63.7 Å². The van der Waals surface area contributed by atoms with Crippen LogP contribution < -0.4 is 5.32 Å². The molecular weight excluding hydrogens is 302 g/mol. The van der Waals surface area contributed by atoms with Crippen LogP contribution in [0, 0.1) is 0 Å². The quantitative estimate of drug-likeness (QED) is 0.929. The maximum absolute atomic E-state index is 5.52. The van der Waals surface area contributed by atoms with E-state index in [0.717, 1.165) is 23.4 Å². The molecule has 1 fully saturated rings. The molecule has 0 saturated carbocycles. The van der Waals surface area contributed by atoms with Crippen LogP contribution >= 0.6 is 15.9 Å². The lowest BCUT2D eigenvalue weighted by Crippen LogP contribution is -2.47. The van der Waals surface area contributed by atoms with E-state index in [0.29, 0.717) is 0 Å². The molecule has 2 aromatic rings. The van der Waals surface area contributed by atoms with E-state index < -0.39 is 0 Å². The lowest BCUT2D eigenvalue weighted by Gasteiger charge is -2.43. The van der Waals surface area contributed by atoms with E-state index in [1.807, 2.05) is 13.1 Å². The van der Waals surface area contributed by atoms with Gasteiger partial charge in [-0.3, -0.25) is 0 Å². The molecule has 98 valence electrons. The standard InChI is InChI=1S/C16H16BrNO/c1-18-13-8-6-12(7-9-13)16(10-19-11-16)14-4-2-3-5-15(14)17/h2-9,18H,10-11H2,1H3. The van der Waals surface area contributed by atoms with Gasteiger partial charge in [-0.2, -0.15) is 0 Å². The highest BCUT2D eigenvalue weighted by molar-refractivity contribution is 9.10. The molecule has 2 aromatic carbocycles. The summed E-state index contributed by atoms with van der Waals surface area (Å²) in [6.45, 7) is 1.49. The van der Waals surface area contributed by atoms with Crippen LogP contribution in [-0.2, 0) is 10.2 Å². The Hall–Kier alpha value is -1.32. The van der Waals surface area contributed by atoms with Crippen molar-refractivity contribution < 1.29 is 4.74 Å². The zero-order valence-corrected chi connectivity index (χ0v) is 12.4. The molecule has 1 heterocycles. The van der Waals surface area contributed by atoms with Crippen LogP contribution in [0.4, 0.5) is 5.69 Å². The molecule has 3 heteroatoms. The highest BCUT2D eigenvalue weighted by Crippen LogP contribution is 2.42. The maximum atomic E-state index is 5.52. The molecule has 1 saturated heterocycles. The van der Waals surface area contributed by atoms with Gasteiger partial charge >= 0.3 is 0 Å². The molecule has 0 unspecified atom stereocenters. The summed E-state index contributed by atoms with van der Waals surface area (Å²) in [6, 6.07) is 17.0. The number of anilines is 1. The van der Waals surface area contributed by atoms with E-state index in [4.69, 9.17) is 4.74 Å². The first-order chi connectivity index (χ1) is 9.26. The number of hydrogen-bond acceptors (Lipinski definition) is 2. The van der Waals surface area contributed by atoms with Gasteiger partial charge in [0.2, 0.25) is 0 Å². The summed E-state index contributed by atoms with van der Waals surface area (Å²) >= 11 is 3.66. The van der Waals surface area contributed by atoms with Crippen LogP contribution in [0.3, 0.4) is 0 Å². The Morgan fingerprint density at radius 3 is 2.26 bits per heavy atom. The van der Waals surface area contributed by atoms with Crippen molar-refractivity contribution in [3.05, 3.63) is 64.1 Å². The van der Waals surface area contributed by atoms with Gasteiger partial charge in [-0.05, 0) is 29.3 Å². The van der Waals surface area contributed by atoms with Crippen LogP contribution in [-0.4, -0.2) is 20.3 Å². The van der Waals surface area contributed by atoms with Crippen LogP contribution in [0.1, 0.15) is 11.1 Å². The summed E-state index contributed by atoms with van der Waals surface area (Å²) in [7, 11) is 1.94. The third kappa shape index (κ3) is 2.07. The van der Waals surface area contributed by atoms with E-state index >= 15 is 0 Å². The Morgan fingerprint density at radius 2 is 1.74 bits per heavy atom. The Morgan fingerprint density at radius 1 is 1.05 bits per heavy atom. The zero-order chi connectivity index (χ0) is 13.3. The van der Waals surface area contributed by atoms with Crippen molar-refractivity contribution in [2.75, 3.05) is 25.6 Å². The topological polar surface area (TPSA) is 21.3 Å². The van der Waals surface area contributed by atoms with Crippen LogP contribution in [0.15, 0.2) is 53.0 Å². The average molecular weight is 318 g/mol. The predicted octanol–water partition coefficient (Wildman–Crippen LogP) is 3.81. The minimum atomic E-state index is -0.00757. The highest BCUT2D eigenvalue weighted by atomic mass is 79.9. The second-order valence-corrected chi connectivity index (χ2v) is 5.74. The van der Waals surface area contributed by atoms with E-state index in [1.165, 1.54) is 11.1 Å². The van der Waals surface area contributed by atoms with Crippen molar-refractivity contribution >= 4 is 21.6 Å². The molecule has 1 N–H and O–H groups in total. The first-order valence-electron chi connectivity index (χ1n) is 6.37. The fourth-order valence-electron chi connectivity index (χ4n) is 2.59. The second-order valence-electron chi connectivity index (χ2n) is 4.88. The number of halogens is 1. The van der Waals surface area contributed by atoms with Crippen molar-refractivity contribution in [1.82, 2.24) is 0 Å². The SMILES string of the molecule is CNc1ccc(C2(c3ccccc3Br)COC2)cc1. The Balaban J connectivity index is 2.05. The Kier molecular flexibility index (Phi) is 3.33. The first kappa shape index (κ1) is 12.7. The van der Waals surface area contributed by atoms with E-state index in [-0.39, 0.29) is 5.41 Å². The van der Waals surface area contributed by atoms with Gasteiger partial charge in [0.05, 0.1) is 18.6 Å². The van der Waals surface area contributed by atoms with Crippen molar-refractivity contribution in [1.29, 1.82) is 0 Å². The maximum Gasteiger partial charge on any atom is 0.0680 e. The van der Waals surface area contributed by atoms with Crippen molar-refractivity contribution in [2.45, 2.75) is 5.41 Å². The lowest BCUT2D eigenvalue weighted by atomic mass is 9.73. The molecule has 0 aromatic heterocycles. The molecule has 0 radical (unpaired) electrons. The molecule has 0 spiro atoms. The summed E-state index contributed by atoms with van der Waals surface area (Å²) in [5.41, 5.74) is 3.74. The largest absolute Gasteiger partial charge is 0.388 e. The number of ether oxygens (including phenoxy) is 1. The second kappa shape index (κ2) is 4.99. The predicted molar refractivity (Wildman–Crippen MR) is 81.7 cm³/mol. The summed E-state index contributed by atoms with van der Waals surface area (Å²) in [6.07, 6.45) is 0. The molecule has 0 atom stereocenters. The molecule has 2 nitrogen and oxygen atoms in total. The average Bonchev–Trinajstić information content (AvgIpc) is 2.40. The van der Waals surface area contributed by atoms with Crippen molar-refractivity contribution in [2.24, 2.45) is 0 Å². The first-order valence-corrected chi connectivity index (χ1v) is 7.17. The summed E-state index contributed by atoms with van der Waals surface area (Å²) in [5, 5.41) is 3.15. The molecule has 1 aliphatic rings. The smallest absolute Gasteiger partial charge is 0.0680 e. The highest BCUT2D eigenvalue weighted by Gasteiger charge is 2.43.